The van der Waals surface area contributed by atoms with Crippen LogP contribution in [0.3, 0.4) is 0 Å². The molecule has 1 rings (SSSR count). The molecule has 4 nitrogen and oxygen atoms in total. The van der Waals surface area contributed by atoms with Gasteiger partial charge in [0.1, 0.15) is 5.69 Å². The smallest absolute Gasteiger partial charge is 0.176 e. The Morgan fingerprint density at radius 3 is 3.33 bits per heavy atom. The molecule has 9 heavy (non-hydrogen) atoms. The Balaban J connectivity index is 2.38. The minimum atomic E-state index is 0.535. The molecule has 1 heterocycles. The maximum absolute atomic E-state index is 9.78. The molecule has 48 valence electrons. The van der Waals surface area contributed by atoms with Crippen molar-refractivity contribution in [2.75, 3.05) is 0 Å². The standard InChI is InChI=1S/C4H4N2O2S/c7-3-9-2-4-1-5-8-6-4/h1,3H,2H2. The number of aromatic nitrogens is 2. The molecular weight excluding hydrogens is 140 g/mol. The van der Waals surface area contributed by atoms with Crippen LogP contribution in [-0.2, 0) is 10.5 Å². The summed E-state index contributed by atoms with van der Waals surface area (Å²) in [6.45, 7) is 0. The zero-order chi connectivity index (χ0) is 6.53. The number of rotatable bonds is 3. The van der Waals surface area contributed by atoms with Crippen LogP contribution < -0.4 is 0 Å². The Morgan fingerprint density at radius 2 is 2.78 bits per heavy atom. The summed E-state index contributed by atoms with van der Waals surface area (Å²) in [5.41, 5.74) is 1.45. The minimum absolute atomic E-state index is 0.535. The van der Waals surface area contributed by atoms with Gasteiger partial charge >= 0.3 is 0 Å². The van der Waals surface area contributed by atoms with E-state index in [1.165, 1.54) is 6.20 Å². The largest absolute Gasteiger partial charge is 0.291 e. The first-order valence-corrected chi connectivity index (χ1v) is 3.30. The summed E-state index contributed by atoms with van der Waals surface area (Å²) in [6.07, 6.45) is 1.48. The monoisotopic (exact) mass is 144 g/mol. The Bertz CT molecular complexity index is 175. The zero-order valence-corrected chi connectivity index (χ0v) is 5.30. The average molecular weight is 144 g/mol. The molecule has 0 aromatic carbocycles. The number of hydrogen-bond donors (Lipinski definition) is 0. The number of hydrogen-bond acceptors (Lipinski definition) is 5. The normalized spacial score (nSPS) is 9.33. The van der Waals surface area contributed by atoms with Gasteiger partial charge in [-0.1, -0.05) is 22.1 Å². The van der Waals surface area contributed by atoms with Gasteiger partial charge in [0.25, 0.3) is 0 Å². The third-order valence-corrected chi connectivity index (χ3v) is 1.30. The maximum Gasteiger partial charge on any atom is 0.176 e. The van der Waals surface area contributed by atoms with Gasteiger partial charge < -0.3 is 0 Å². The summed E-state index contributed by atoms with van der Waals surface area (Å²) < 4.78 is 4.28. The van der Waals surface area contributed by atoms with E-state index in [1.807, 2.05) is 0 Å². The van der Waals surface area contributed by atoms with E-state index < -0.39 is 0 Å². The highest BCUT2D eigenvalue weighted by molar-refractivity contribution is 8.11. The van der Waals surface area contributed by atoms with E-state index in [-0.39, 0.29) is 0 Å². The fraction of sp³-hybridized carbons (Fsp3) is 0.250. The second-order valence-corrected chi connectivity index (χ2v) is 2.12. The van der Waals surface area contributed by atoms with Gasteiger partial charge in [0, 0.05) is 5.75 Å². The lowest BCUT2D eigenvalue weighted by Crippen LogP contribution is -1.76. The van der Waals surface area contributed by atoms with E-state index in [0.29, 0.717) is 11.4 Å². The summed E-state index contributed by atoms with van der Waals surface area (Å²) in [5.74, 6) is 0.535. The van der Waals surface area contributed by atoms with Gasteiger partial charge in [0.2, 0.25) is 0 Å². The molecule has 0 atom stereocenters. The van der Waals surface area contributed by atoms with Crippen LogP contribution in [0.15, 0.2) is 10.8 Å². The number of carbonyl (C=O) groups excluding carboxylic acids is 1. The SMILES string of the molecule is O=CSCc1cnon1. The Hall–Kier alpha value is -0.840. The van der Waals surface area contributed by atoms with Crippen LogP contribution in [0.2, 0.25) is 0 Å². The van der Waals surface area contributed by atoms with Crippen molar-refractivity contribution in [1.29, 1.82) is 0 Å². The highest BCUT2D eigenvalue weighted by atomic mass is 32.2. The summed E-state index contributed by atoms with van der Waals surface area (Å²) in [7, 11) is 0. The Labute approximate surface area is 55.6 Å². The zero-order valence-electron chi connectivity index (χ0n) is 4.48. The van der Waals surface area contributed by atoms with Gasteiger partial charge in [-0.2, -0.15) is 0 Å². The first-order valence-electron chi connectivity index (χ1n) is 2.25. The fourth-order valence-electron chi connectivity index (χ4n) is 0.367. The average Bonchev–Trinajstić information content (AvgIpc) is 2.34. The van der Waals surface area contributed by atoms with Crippen LogP contribution in [0.4, 0.5) is 0 Å². The molecule has 0 spiro atoms. The van der Waals surface area contributed by atoms with Crippen molar-refractivity contribution in [2.45, 2.75) is 5.75 Å². The highest BCUT2D eigenvalue weighted by Gasteiger charge is 1.94. The quantitative estimate of drug-likeness (QED) is 0.578. The summed E-state index contributed by atoms with van der Waals surface area (Å²) >= 11 is 1.12. The van der Waals surface area contributed by atoms with Gasteiger partial charge in [-0.3, -0.25) is 4.79 Å². The molecule has 0 aliphatic heterocycles. The number of carbonyl (C=O) groups is 1. The minimum Gasteiger partial charge on any atom is -0.291 e. The summed E-state index contributed by atoms with van der Waals surface area (Å²) in [6, 6.07) is 0. The topological polar surface area (TPSA) is 56.0 Å². The fourth-order valence-corrected chi connectivity index (χ4v) is 0.733. The van der Waals surface area contributed by atoms with Crippen molar-refractivity contribution >= 4 is 17.4 Å². The van der Waals surface area contributed by atoms with Crippen LogP contribution in [0.1, 0.15) is 5.69 Å². The predicted octanol–water partition coefficient (Wildman–Crippen LogP) is 0.493. The van der Waals surface area contributed by atoms with Gasteiger partial charge in [0.15, 0.2) is 5.62 Å². The molecule has 0 saturated carbocycles. The molecule has 1 aromatic heterocycles. The maximum atomic E-state index is 9.78. The van der Waals surface area contributed by atoms with Crippen molar-refractivity contribution in [2.24, 2.45) is 0 Å². The van der Waals surface area contributed by atoms with Crippen molar-refractivity contribution in [3.8, 4) is 0 Å². The molecule has 0 bridgehead atoms. The van der Waals surface area contributed by atoms with Gasteiger partial charge in [-0.15, -0.1) is 0 Å². The van der Waals surface area contributed by atoms with Crippen LogP contribution in [0, 0.1) is 0 Å². The van der Waals surface area contributed by atoms with Crippen LogP contribution in [0.5, 0.6) is 0 Å². The van der Waals surface area contributed by atoms with Crippen molar-refractivity contribution in [3.05, 3.63) is 11.9 Å². The second-order valence-electron chi connectivity index (χ2n) is 1.31. The molecular formula is C4H4N2O2S. The van der Waals surface area contributed by atoms with E-state index in [1.54, 1.807) is 0 Å². The highest BCUT2D eigenvalue weighted by Crippen LogP contribution is 2.03. The number of nitrogens with zero attached hydrogens (tertiary/aromatic N) is 2. The summed E-state index contributed by atoms with van der Waals surface area (Å²) in [5, 5.41) is 6.85. The van der Waals surface area contributed by atoms with Gasteiger partial charge in [-0.05, 0) is 0 Å². The van der Waals surface area contributed by atoms with Crippen molar-refractivity contribution in [3.63, 3.8) is 0 Å². The van der Waals surface area contributed by atoms with Gasteiger partial charge in [-0.25, -0.2) is 4.63 Å². The molecule has 1 aromatic rings. The lowest BCUT2D eigenvalue weighted by molar-refractivity contribution is 0.304. The first-order chi connectivity index (χ1) is 4.43. The molecule has 0 aliphatic carbocycles. The first kappa shape index (κ1) is 6.28. The van der Waals surface area contributed by atoms with E-state index >= 15 is 0 Å². The van der Waals surface area contributed by atoms with Crippen molar-refractivity contribution in [1.82, 2.24) is 10.3 Å². The molecule has 0 unspecified atom stereocenters. The van der Waals surface area contributed by atoms with Crippen LogP contribution in [0.25, 0.3) is 0 Å². The molecule has 0 aliphatic rings. The van der Waals surface area contributed by atoms with E-state index in [4.69, 9.17) is 0 Å². The van der Waals surface area contributed by atoms with E-state index in [0.717, 1.165) is 17.4 Å². The van der Waals surface area contributed by atoms with E-state index in [2.05, 4.69) is 14.9 Å². The third kappa shape index (κ3) is 1.85. The Kier molecular flexibility index (Phi) is 2.26. The molecule has 0 radical (unpaired) electrons. The summed E-state index contributed by atoms with van der Waals surface area (Å²) in [4.78, 5) is 9.78. The van der Waals surface area contributed by atoms with Crippen LogP contribution in [-0.4, -0.2) is 15.9 Å². The lowest BCUT2D eigenvalue weighted by Gasteiger charge is -1.80. The molecule has 5 heteroatoms. The lowest BCUT2D eigenvalue weighted by atomic mass is 10.6. The Morgan fingerprint density at radius 1 is 1.89 bits per heavy atom. The van der Waals surface area contributed by atoms with Crippen LogP contribution >= 0.6 is 11.8 Å². The third-order valence-electron chi connectivity index (χ3n) is 0.706. The molecule has 0 fully saturated rings. The molecule has 0 N–H and O–H groups in total. The second kappa shape index (κ2) is 3.24. The molecule has 0 saturated heterocycles. The predicted molar refractivity (Wildman–Crippen MR) is 32.3 cm³/mol. The van der Waals surface area contributed by atoms with Gasteiger partial charge in [0.05, 0.1) is 6.20 Å². The van der Waals surface area contributed by atoms with E-state index in [9.17, 15) is 4.79 Å². The molecule has 0 amide bonds. The van der Waals surface area contributed by atoms with Crippen molar-refractivity contribution < 1.29 is 9.42 Å². The number of thioether (sulfide) groups is 1.